The maximum Gasteiger partial charge on any atom is 0.279 e. The van der Waals surface area contributed by atoms with Crippen molar-refractivity contribution >= 4 is 10.2 Å². The van der Waals surface area contributed by atoms with Crippen molar-refractivity contribution in [3.63, 3.8) is 0 Å². The highest BCUT2D eigenvalue weighted by atomic mass is 32.2. The Morgan fingerprint density at radius 3 is 2.30 bits per heavy atom. The molecule has 0 radical (unpaired) electrons. The third kappa shape index (κ3) is 5.65. The number of nitrogens with two attached hydrogens (primary N) is 1. The molecular weight excluding hydrogens is 276 g/mol. The van der Waals surface area contributed by atoms with Crippen molar-refractivity contribution in [3.05, 3.63) is 0 Å². The number of hydrogen-bond donors (Lipinski definition) is 2. The normalized spacial score (nSPS) is 19.7. The van der Waals surface area contributed by atoms with Gasteiger partial charge in [-0.05, 0) is 44.8 Å². The fourth-order valence-electron chi connectivity index (χ4n) is 2.68. The average Bonchev–Trinajstić information content (AvgIpc) is 2.35. The molecule has 3 N–H and O–H groups in total. The van der Waals surface area contributed by atoms with Crippen molar-refractivity contribution in [3.8, 4) is 0 Å². The summed E-state index contributed by atoms with van der Waals surface area (Å²) in [6.45, 7) is 7.22. The molecule has 0 aromatic heterocycles. The van der Waals surface area contributed by atoms with E-state index in [-0.39, 0.29) is 5.41 Å². The first-order chi connectivity index (χ1) is 9.16. The molecule has 0 saturated carbocycles. The summed E-state index contributed by atoms with van der Waals surface area (Å²) >= 11 is 0. The molecule has 0 amide bonds. The van der Waals surface area contributed by atoms with Crippen molar-refractivity contribution in [1.82, 2.24) is 13.9 Å². The molecule has 0 aliphatic carbocycles. The molecule has 1 fully saturated rings. The van der Waals surface area contributed by atoms with E-state index in [9.17, 15) is 8.42 Å². The van der Waals surface area contributed by atoms with Gasteiger partial charge in [0.25, 0.3) is 10.2 Å². The highest BCUT2D eigenvalue weighted by molar-refractivity contribution is 7.87. The smallest absolute Gasteiger partial charge is 0.279 e. The zero-order valence-electron chi connectivity index (χ0n) is 13.2. The van der Waals surface area contributed by atoms with Crippen LogP contribution in [0.1, 0.15) is 26.7 Å². The van der Waals surface area contributed by atoms with Gasteiger partial charge in [-0.1, -0.05) is 13.8 Å². The average molecular weight is 306 g/mol. The van der Waals surface area contributed by atoms with Crippen LogP contribution >= 0.6 is 0 Å². The zero-order chi connectivity index (χ0) is 15.4. The summed E-state index contributed by atoms with van der Waals surface area (Å²) in [5.74, 6) is 0.464. The van der Waals surface area contributed by atoms with Crippen LogP contribution < -0.4 is 10.5 Å². The van der Waals surface area contributed by atoms with Crippen molar-refractivity contribution in [1.29, 1.82) is 0 Å². The van der Waals surface area contributed by atoms with Gasteiger partial charge in [0.15, 0.2) is 0 Å². The Labute approximate surface area is 123 Å². The molecule has 0 bridgehead atoms. The molecule has 1 rings (SSSR count). The molecule has 1 heterocycles. The van der Waals surface area contributed by atoms with Crippen molar-refractivity contribution in [2.24, 2.45) is 17.1 Å². The standard InChI is InChI=1S/C13H30N4O2S/c1-13(2,11-16(3)4)10-15-20(18,19)17-7-5-12(9-14)6-8-17/h12,15H,5-11,14H2,1-4H3. The van der Waals surface area contributed by atoms with E-state index in [4.69, 9.17) is 5.73 Å². The summed E-state index contributed by atoms with van der Waals surface area (Å²) in [5, 5.41) is 0. The first-order valence-corrected chi connectivity index (χ1v) is 8.70. The van der Waals surface area contributed by atoms with Gasteiger partial charge in [0, 0.05) is 26.2 Å². The highest BCUT2D eigenvalue weighted by Gasteiger charge is 2.29. The highest BCUT2D eigenvalue weighted by Crippen LogP contribution is 2.19. The minimum Gasteiger partial charge on any atom is -0.330 e. The number of hydrogen-bond acceptors (Lipinski definition) is 4. The largest absolute Gasteiger partial charge is 0.330 e. The minimum absolute atomic E-state index is 0.0911. The van der Waals surface area contributed by atoms with E-state index in [2.05, 4.69) is 23.5 Å². The monoisotopic (exact) mass is 306 g/mol. The fraction of sp³-hybridized carbons (Fsp3) is 1.00. The van der Waals surface area contributed by atoms with Gasteiger partial charge in [-0.3, -0.25) is 0 Å². The lowest BCUT2D eigenvalue weighted by molar-refractivity contribution is 0.236. The van der Waals surface area contributed by atoms with Gasteiger partial charge < -0.3 is 10.6 Å². The second kappa shape index (κ2) is 7.17. The Bertz CT molecular complexity index is 387. The summed E-state index contributed by atoms with van der Waals surface area (Å²) in [7, 11) is 0.628. The Balaban J connectivity index is 2.50. The molecule has 0 aromatic rings. The number of nitrogens with zero attached hydrogens (tertiary/aromatic N) is 2. The molecule has 1 aliphatic rings. The van der Waals surface area contributed by atoms with Gasteiger partial charge >= 0.3 is 0 Å². The van der Waals surface area contributed by atoms with E-state index < -0.39 is 10.2 Å². The molecule has 0 atom stereocenters. The summed E-state index contributed by atoms with van der Waals surface area (Å²) < 4.78 is 28.9. The Kier molecular flexibility index (Phi) is 6.40. The van der Waals surface area contributed by atoms with Gasteiger partial charge in [0.1, 0.15) is 0 Å². The second-order valence-corrected chi connectivity index (χ2v) is 8.56. The van der Waals surface area contributed by atoms with E-state index in [1.165, 1.54) is 0 Å². The van der Waals surface area contributed by atoms with Crippen LogP contribution in [0.5, 0.6) is 0 Å². The van der Waals surface area contributed by atoms with Crippen LogP contribution in [0.15, 0.2) is 0 Å². The van der Waals surface area contributed by atoms with E-state index >= 15 is 0 Å². The molecular formula is C13H30N4O2S. The molecule has 0 aromatic carbocycles. The van der Waals surface area contributed by atoms with E-state index in [1.54, 1.807) is 4.31 Å². The van der Waals surface area contributed by atoms with Crippen LogP contribution in [0.3, 0.4) is 0 Å². The third-order valence-electron chi connectivity index (χ3n) is 3.72. The van der Waals surface area contributed by atoms with Crippen LogP contribution in [0.2, 0.25) is 0 Å². The topological polar surface area (TPSA) is 78.7 Å². The van der Waals surface area contributed by atoms with Gasteiger partial charge in [0.2, 0.25) is 0 Å². The molecule has 120 valence electrons. The Hall–Kier alpha value is -0.210. The minimum atomic E-state index is -3.36. The van der Waals surface area contributed by atoms with Crippen LogP contribution in [0.25, 0.3) is 0 Å². The van der Waals surface area contributed by atoms with Crippen molar-refractivity contribution in [2.75, 3.05) is 46.8 Å². The summed E-state index contributed by atoms with van der Waals surface area (Å²) in [4.78, 5) is 2.07. The van der Waals surface area contributed by atoms with Crippen molar-refractivity contribution < 1.29 is 8.42 Å². The summed E-state index contributed by atoms with van der Waals surface area (Å²) in [5.41, 5.74) is 5.54. The van der Waals surface area contributed by atoms with Gasteiger partial charge in [-0.2, -0.15) is 12.7 Å². The predicted molar refractivity (Wildman–Crippen MR) is 82.6 cm³/mol. The number of nitrogens with one attached hydrogen (secondary N) is 1. The number of piperidine rings is 1. The molecule has 1 saturated heterocycles. The SMILES string of the molecule is CN(C)CC(C)(C)CNS(=O)(=O)N1CCC(CN)CC1. The van der Waals surface area contributed by atoms with Crippen molar-refractivity contribution in [2.45, 2.75) is 26.7 Å². The maximum atomic E-state index is 12.3. The Morgan fingerprint density at radius 1 is 1.30 bits per heavy atom. The van der Waals surface area contributed by atoms with Crippen LogP contribution in [-0.4, -0.2) is 64.4 Å². The van der Waals surface area contributed by atoms with Gasteiger partial charge in [-0.25, -0.2) is 4.72 Å². The Morgan fingerprint density at radius 2 is 1.85 bits per heavy atom. The lowest BCUT2D eigenvalue weighted by atomic mass is 9.93. The molecule has 6 nitrogen and oxygen atoms in total. The van der Waals surface area contributed by atoms with Gasteiger partial charge in [0.05, 0.1) is 0 Å². The fourth-order valence-corrected chi connectivity index (χ4v) is 4.12. The lowest BCUT2D eigenvalue weighted by Crippen LogP contribution is -2.49. The van der Waals surface area contributed by atoms with Crippen LogP contribution in [-0.2, 0) is 10.2 Å². The quantitative estimate of drug-likeness (QED) is 0.698. The van der Waals surface area contributed by atoms with Gasteiger partial charge in [-0.15, -0.1) is 0 Å². The van der Waals surface area contributed by atoms with E-state index in [1.807, 2.05) is 14.1 Å². The first kappa shape index (κ1) is 17.8. The number of rotatable bonds is 7. The van der Waals surface area contributed by atoms with E-state index in [0.717, 1.165) is 19.4 Å². The molecule has 1 aliphatic heterocycles. The maximum absolute atomic E-state index is 12.3. The predicted octanol–water partition coefficient (Wildman–Crippen LogP) is 0.0793. The van der Waals surface area contributed by atoms with Crippen LogP contribution in [0, 0.1) is 11.3 Å². The van der Waals surface area contributed by atoms with E-state index in [0.29, 0.717) is 32.1 Å². The molecule has 7 heteroatoms. The lowest BCUT2D eigenvalue weighted by Gasteiger charge is -2.33. The molecule has 0 spiro atoms. The third-order valence-corrected chi connectivity index (χ3v) is 5.28. The molecule has 20 heavy (non-hydrogen) atoms. The van der Waals surface area contributed by atoms with Crippen LogP contribution in [0.4, 0.5) is 0 Å². The summed E-state index contributed by atoms with van der Waals surface area (Å²) in [6.07, 6.45) is 1.72. The molecule has 0 unspecified atom stereocenters. The zero-order valence-corrected chi connectivity index (χ0v) is 14.0. The first-order valence-electron chi connectivity index (χ1n) is 7.26. The second-order valence-electron chi connectivity index (χ2n) is 6.81. The summed E-state index contributed by atoms with van der Waals surface area (Å²) in [6, 6.07) is 0.